The average molecular weight is 269 g/mol. The van der Waals surface area contributed by atoms with Crippen LogP contribution in [0.15, 0.2) is 54.2 Å². The number of aliphatic imine (C=N–C) groups is 1. The predicted octanol–water partition coefficient (Wildman–Crippen LogP) is -0.131. The molecule has 2 heterocycles. The minimum absolute atomic E-state index is 0.401. The van der Waals surface area contributed by atoms with E-state index in [9.17, 15) is 0 Å². The lowest BCUT2D eigenvalue weighted by Crippen LogP contribution is -2.49. The largest absolute Gasteiger partial charge is 0.384 e. The monoisotopic (exact) mass is 269 g/mol. The van der Waals surface area contributed by atoms with E-state index in [4.69, 9.17) is 11.5 Å². The molecule has 1 aliphatic heterocycles. The zero-order chi connectivity index (χ0) is 14.0. The van der Waals surface area contributed by atoms with Crippen molar-refractivity contribution in [2.45, 2.75) is 12.3 Å². The van der Waals surface area contributed by atoms with E-state index in [1.807, 2.05) is 24.3 Å². The Morgan fingerprint density at radius 3 is 2.70 bits per heavy atom. The summed E-state index contributed by atoms with van der Waals surface area (Å²) in [6, 6.07) is 7.82. The van der Waals surface area contributed by atoms with Gasteiger partial charge >= 0.3 is 0 Å². The molecule has 7 nitrogen and oxygen atoms in total. The van der Waals surface area contributed by atoms with Crippen molar-refractivity contribution in [3.05, 3.63) is 60.3 Å². The Morgan fingerprint density at radius 1 is 1.25 bits per heavy atom. The van der Waals surface area contributed by atoms with E-state index in [-0.39, 0.29) is 0 Å². The second-order valence-corrected chi connectivity index (χ2v) is 4.57. The summed E-state index contributed by atoms with van der Waals surface area (Å²) in [7, 11) is 0. The Kier molecular flexibility index (Phi) is 2.96. The second-order valence-electron chi connectivity index (χ2n) is 4.57. The van der Waals surface area contributed by atoms with Crippen LogP contribution in [0, 0.1) is 0 Å². The summed E-state index contributed by atoms with van der Waals surface area (Å²) >= 11 is 0. The normalized spacial score (nSPS) is 21.4. The molecule has 5 N–H and O–H groups in total. The molecule has 102 valence electrons. The molecule has 7 heteroatoms. The molecule has 0 saturated heterocycles. The Bertz CT molecular complexity index is 642. The van der Waals surface area contributed by atoms with Gasteiger partial charge in [0.15, 0.2) is 0 Å². The van der Waals surface area contributed by atoms with Gasteiger partial charge in [0.25, 0.3) is 0 Å². The number of nitrogens with zero attached hydrogens (tertiary/aromatic N) is 4. The van der Waals surface area contributed by atoms with Crippen molar-refractivity contribution in [3.8, 4) is 0 Å². The van der Waals surface area contributed by atoms with Gasteiger partial charge in [-0.15, -0.1) is 0 Å². The summed E-state index contributed by atoms with van der Waals surface area (Å²) in [6.07, 6.45) is 6.56. The Labute approximate surface area is 116 Å². The summed E-state index contributed by atoms with van der Waals surface area (Å²) in [4.78, 5) is 8.15. The predicted molar refractivity (Wildman–Crippen MR) is 75.3 cm³/mol. The van der Waals surface area contributed by atoms with Crippen molar-refractivity contribution in [2.24, 2.45) is 16.5 Å². The molecule has 0 bridgehead atoms. The first-order chi connectivity index (χ1) is 9.66. The summed E-state index contributed by atoms with van der Waals surface area (Å²) in [5, 5.41) is 7.08. The lowest BCUT2D eigenvalue weighted by Gasteiger charge is -2.28. The molecule has 0 aliphatic carbocycles. The van der Waals surface area contributed by atoms with E-state index >= 15 is 0 Å². The van der Waals surface area contributed by atoms with Crippen LogP contribution < -0.4 is 16.8 Å². The molecule has 20 heavy (non-hydrogen) atoms. The third kappa shape index (κ3) is 2.39. The number of hydrogen-bond donors (Lipinski definition) is 3. The SMILES string of the molecule is NC1=NC(N)(c2ccc(Cn3cncn3)cc2)NC=C1. The highest BCUT2D eigenvalue weighted by Gasteiger charge is 2.26. The van der Waals surface area contributed by atoms with Gasteiger partial charge in [-0.2, -0.15) is 5.10 Å². The molecule has 1 atom stereocenters. The molecule has 0 radical (unpaired) electrons. The lowest BCUT2D eigenvalue weighted by atomic mass is 10.1. The molecular weight excluding hydrogens is 254 g/mol. The highest BCUT2D eigenvalue weighted by atomic mass is 15.3. The molecule has 2 aromatic rings. The smallest absolute Gasteiger partial charge is 0.211 e. The number of nitrogens with one attached hydrogen (secondary N) is 1. The summed E-state index contributed by atoms with van der Waals surface area (Å²) < 4.78 is 1.75. The number of amidine groups is 1. The average Bonchev–Trinajstić information content (AvgIpc) is 2.92. The minimum atomic E-state index is -1.01. The van der Waals surface area contributed by atoms with Gasteiger partial charge in [0.2, 0.25) is 5.79 Å². The first kappa shape index (κ1) is 12.4. The molecule has 1 aromatic carbocycles. The van der Waals surface area contributed by atoms with Crippen molar-refractivity contribution in [1.82, 2.24) is 20.1 Å². The first-order valence-electron chi connectivity index (χ1n) is 6.16. The van der Waals surface area contributed by atoms with Crippen LogP contribution in [0.2, 0.25) is 0 Å². The zero-order valence-corrected chi connectivity index (χ0v) is 10.8. The fourth-order valence-corrected chi connectivity index (χ4v) is 2.04. The topological polar surface area (TPSA) is 107 Å². The van der Waals surface area contributed by atoms with E-state index in [2.05, 4.69) is 20.4 Å². The fourth-order valence-electron chi connectivity index (χ4n) is 2.04. The maximum Gasteiger partial charge on any atom is 0.211 e. The van der Waals surface area contributed by atoms with Gasteiger partial charge in [-0.1, -0.05) is 24.3 Å². The van der Waals surface area contributed by atoms with Crippen LogP contribution in [0.1, 0.15) is 11.1 Å². The number of hydrogen-bond acceptors (Lipinski definition) is 6. The third-order valence-corrected chi connectivity index (χ3v) is 3.07. The van der Waals surface area contributed by atoms with E-state index < -0.39 is 5.79 Å². The summed E-state index contributed by atoms with van der Waals surface area (Å²) in [5.74, 6) is -0.608. The van der Waals surface area contributed by atoms with E-state index in [1.54, 1.807) is 23.3 Å². The Hall–Kier alpha value is -2.67. The van der Waals surface area contributed by atoms with Crippen LogP contribution in [0.5, 0.6) is 0 Å². The maximum absolute atomic E-state index is 6.20. The summed E-state index contributed by atoms with van der Waals surface area (Å²) in [5.41, 5.74) is 13.8. The second kappa shape index (κ2) is 4.78. The number of aromatic nitrogens is 3. The fraction of sp³-hybridized carbons (Fsp3) is 0.154. The van der Waals surface area contributed by atoms with Crippen LogP contribution in [0.4, 0.5) is 0 Å². The van der Waals surface area contributed by atoms with Gasteiger partial charge in [-0.3, -0.25) is 5.73 Å². The molecule has 0 amide bonds. The molecule has 0 spiro atoms. The quantitative estimate of drug-likeness (QED) is 0.719. The molecule has 3 rings (SSSR count). The number of nitrogens with two attached hydrogens (primary N) is 2. The molecule has 0 saturated carbocycles. The van der Waals surface area contributed by atoms with Crippen LogP contribution >= 0.6 is 0 Å². The molecule has 1 unspecified atom stereocenters. The standard InChI is InChI=1S/C13H15N7/c14-12-5-6-17-13(15,19-12)11-3-1-10(2-4-11)7-20-9-16-8-18-20/h1-6,8-9,17H,7,15H2,(H2,14,19). The molecular formula is C13H15N7. The Balaban J connectivity index is 1.81. The van der Waals surface area contributed by atoms with Crippen molar-refractivity contribution < 1.29 is 0 Å². The number of benzene rings is 1. The Morgan fingerprint density at radius 2 is 2.05 bits per heavy atom. The third-order valence-electron chi connectivity index (χ3n) is 3.07. The maximum atomic E-state index is 6.20. The first-order valence-corrected chi connectivity index (χ1v) is 6.16. The van der Waals surface area contributed by atoms with Crippen molar-refractivity contribution >= 4 is 5.84 Å². The summed E-state index contributed by atoms with van der Waals surface area (Å²) in [6.45, 7) is 0.663. The molecule has 0 fully saturated rings. The van der Waals surface area contributed by atoms with Crippen LogP contribution in [-0.2, 0) is 12.3 Å². The number of rotatable bonds is 3. The minimum Gasteiger partial charge on any atom is -0.384 e. The van der Waals surface area contributed by atoms with Gasteiger partial charge in [0, 0.05) is 11.8 Å². The van der Waals surface area contributed by atoms with Gasteiger partial charge < -0.3 is 11.1 Å². The lowest BCUT2D eigenvalue weighted by molar-refractivity contribution is 0.410. The van der Waals surface area contributed by atoms with Crippen LogP contribution in [0.25, 0.3) is 0 Å². The van der Waals surface area contributed by atoms with Crippen molar-refractivity contribution in [3.63, 3.8) is 0 Å². The van der Waals surface area contributed by atoms with Gasteiger partial charge in [0.1, 0.15) is 18.5 Å². The van der Waals surface area contributed by atoms with E-state index in [0.29, 0.717) is 12.4 Å². The van der Waals surface area contributed by atoms with Gasteiger partial charge in [-0.05, 0) is 11.6 Å². The molecule has 1 aromatic heterocycles. The highest BCUT2D eigenvalue weighted by molar-refractivity contribution is 5.92. The van der Waals surface area contributed by atoms with E-state index in [0.717, 1.165) is 11.1 Å². The van der Waals surface area contributed by atoms with Crippen molar-refractivity contribution in [1.29, 1.82) is 0 Å². The van der Waals surface area contributed by atoms with E-state index in [1.165, 1.54) is 6.33 Å². The van der Waals surface area contributed by atoms with Crippen LogP contribution in [-0.4, -0.2) is 20.6 Å². The van der Waals surface area contributed by atoms with Gasteiger partial charge in [0.05, 0.1) is 6.54 Å². The zero-order valence-electron chi connectivity index (χ0n) is 10.8. The van der Waals surface area contributed by atoms with Crippen molar-refractivity contribution in [2.75, 3.05) is 0 Å². The van der Waals surface area contributed by atoms with Gasteiger partial charge in [-0.25, -0.2) is 14.7 Å². The van der Waals surface area contributed by atoms with Crippen LogP contribution in [0.3, 0.4) is 0 Å². The highest BCUT2D eigenvalue weighted by Crippen LogP contribution is 2.20. The molecule has 1 aliphatic rings.